The SMILES string of the molecule is CCc1cnc(CNc2nc3ccc(N)cc3s2)o1. The minimum atomic E-state index is 0.537. The Morgan fingerprint density at radius 2 is 2.32 bits per heavy atom. The van der Waals surface area contributed by atoms with Crippen LogP contribution in [0.5, 0.6) is 0 Å². The summed E-state index contributed by atoms with van der Waals surface area (Å²) in [6, 6.07) is 5.71. The molecule has 3 rings (SSSR count). The van der Waals surface area contributed by atoms with Crippen molar-refractivity contribution in [3.8, 4) is 0 Å². The van der Waals surface area contributed by atoms with Gasteiger partial charge in [0.05, 0.1) is 23.0 Å². The molecule has 2 aromatic heterocycles. The Kier molecular flexibility index (Phi) is 3.08. The molecule has 1 aromatic carbocycles. The van der Waals surface area contributed by atoms with Crippen molar-refractivity contribution < 1.29 is 4.42 Å². The van der Waals surface area contributed by atoms with E-state index < -0.39 is 0 Å². The first kappa shape index (κ1) is 12.0. The molecule has 0 saturated heterocycles. The van der Waals surface area contributed by atoms with Gasteiger partial charge in [-0.1, -0.05) is 18.3 Å². The second-order valence-corrected chi connectivity index (χ2v) is 5.20. The number of aromatic nitrogens is 2. The van der Waals surface area contributed by atoms with Crippen molar-refractivity contribution >= 4 is 32.4 Å². The number of nitrogens with zero attached hydrogens (tertiary/aromatic N) is 2. The lowest BCUT2D eigenvalue weighted by Gasteiger charge is -1.97. The van der Waals surface area contributed by atoms with Gasteiger partial charge in [0, 0.05) is 12.1 Å². The molecule has 3 aromatic rings. The van der Waals surface area contributed by atoms with Crippen LogP contribution in [-0.4, -0.2) is 9.97 Å². The molecule has 3 N–H and O–H groups in total. The number of benzene rings is 1. The molecule has 0 saturated carbocycles. The molecule has 0 unspecified atom stereocenters. The van der Waals surface area contributed by atoms with Crippen LogP contribution in [0.2, 0.25) is 0 Å². The third-order valence-electron chi connectivity index (χ3n) is 2.75. The summed E-state index contributed by atoms with van der Waals surface area (Å²) in [5.74, 6) is 1.57. The van der Waals surface area contributed by atoms with Crippen LogP contribution in [0, 0.1) is 0 Å². The molecule has 0 radical (unpaired) electrons. The zero-order chi connectivity index (χ0) is 13.2. The van der Waals surface area contributed by atoms with Crippen molar-refractivity contribution in [3.63, 3.8) is 0 Å². The summed E-state index contributed by atoms with van der Waals surface area (Å²) in [6.07, 6.45) is 2.61. The number of oxazole rings is 1. The molecule has 19 heavy (non-hydrogen) atoms. The molecule has 2 heterocycles. The summed E-state index contributed by atoms with van der Waals surface area (Å²) in [6.45, 7) is 2.57. The number of rotatable bonds is 4. The number of hydrogen-bond acceptors (Lipinski definition) is 6. The topological polar surface area (TPSA) is 77.0 Å². The van der Waals surface area contributed by atoms with Crippen molar-refractivity contribution in [1.82, 2.24) is 9.97 Å². The Hall–Kier alpha value is -2.08. The van der Waals surface area contributed by atoms with Gasteiger partial charge in [0.15, 0.2) is 5.13 Å². The van der Waals surface area contributed by atoms with Gasteiger partial charge in [0.25, 0.3) is 0 Å². The predicted octanol–water partition coefficient (Wildman–Crippen LogP) is 3.04. The number of thiazole rings is 1. The van der Waals surface area contributed by atoms with Crippen LogP contribution >= 0.6 is 11.3 Å². The molecular formula is C13H14N4OS. The fraction of sp³-hybridized carbons (Fsp3) is 0.231. The molecule has 0 atom stereocenters. The van der Waals surface area contributed by atoms with E-state index in [0.29, 0.717) is 12.4 Å². The van der Waals surface area contributed by atoms with Crippen molar-refractivity contribution in [2.24, 2.45) is 0 Å². The number of hydrogen-bond donors (Lipinski definition) is 2. The van der Waals surface area contributed by atoms with Crippen LogP contribution in [0.25, 0.3) is 10.2 Å². The summed E-state index contributed by atoms with van der Waals surface area (Å²) >= 11 is 1.57. The first-order valence-electron chi connectivity index (χ1n) is 6.08. The van der Waals surface area contributed by atoms with Crippen LogP contribution in [0.3, 0.4) is 0 Å². The fourth-order valence-electron chi connectivity index (χ4n) is 1.76. The largest absolute Gasteiger partial charge is 0.444 e. The van der Waals surface area contributed by atoms with Gasteiger partial charge in [-0.3, -0.25) is 0 Å². The Morgan fingerprint density at radius 3 is 3.11 bits per heavy atom. The predicted molar refractivity (Wildman–Crippen MR) is 77.2 cm³/mol. The minimum absolute atomic E-state index is 0.537. The van der Waals surface area contributed by atoms with E-state index in [9.17, 15) is 0 Å². The monoisotopic (exact) mass is 274 g/mol. The van der Waals surface area contributed by atoms with Gasteiger partial charge in [-0.2, -0.15) is 0 Å². The number of nitrogen functional groups attached to an aromatic ring is 1. The van der Waals surface area contributed by atoms with Gasteiger partial charge in [-0.25, -0.2) is 9.97 Å². The minimum Gasteiger partial charge on any atom is -0.444 e. The molecule has 0 aliphatic carbocycles. The molecule has 98 valence electrons. The normalized spacial score (nSPS) is 11.0. The number of fused-ring (bicyclic) bond motifs is 1. The highest BCUT2D eigenvalue weighted by Gasteiger charge is 2.06. The van der Waals surface area contributed by atoms with Crippen LogP contribution in [0.15, 0.2) is 28.8 Å². The van der Waals surface area contributed by atoms with E-state index in [-0.39, 0.29) is 0 Å². The molecule has 0 amide bonds. The van der Waals surface area contributed by atoms with Gasteiger partial charge in [-0.05, 0) is 18.2 Å². The van der Waals surface area contributed by atoms with Gasteiger partial charge in [-0.15, -0.1) is 0 Å². The fourth-order valence-corrected chi connectivity index (χ4v) is 2.67. The quantitative estimate of drug-likeness (QED) is 0.715. The smallest absolute Gasteiger partial charge is 0.213 e. The number of nitrogens with two attached hydrogens (primary N) is 1. The third kappa shape index (κ3) is 2.53. The van der Waals surface area contributed by atoms with Crippen molar-refractivity contribution in [2.75, 3.05) is 11.1 Å². The molecule has 0 fully saturated rings. The van der Waals surface area contributed by atoms with Crippen LogP contribution in [0.4, 0.5) is 10.8 Å². The zero-order valence-electron chi connectivity index (χ0n) is 10.5. The van der Waals surface area contributed by atoms with E-state index in [4.69, 9.17) is 10.2 Å². The average molecular weight is 274 g/mol. The Morgan fingerprint density at radius 1 is 1.42 bits per heavy atom. The second-order valence-electron chi connectivity index (χ2n) is 4.17. The Labute approximate surface area is 114 Å². The lowest BCUT2D eigenvalue weighted by Crippen LogP contribution is -1.98. The van der Waals surface area contributed by atoms with E-state index in [2.05, 4.69) is 15.3 Å². The average Bonchev–Trinajstić information content (AvgIpc) is 3.01. The van der Waals surface area contributed by atoms with E-state index in [1.54, 1.807) is 17.5 Å². The van der Waals surface area contributed by atoms with Crippen LogP contribution < -0.4 is 11.1 Å². The highest BCUT2D eigenvalue weighted by molar-refractivity contribution is 7.22. The molecule has 5 nitrogen and oxygen atoms in total. The Bertz CT molecular complexity index is 704. The maximum absolute atomic E-state index is 5.75. The van der Waals surface area contributed by atoms with Crippen molar-refractivity contribution in [2.45, 2.75) is 19.9 Å². The maximum Gasteiger partial charge on any atom is 0.213 e. The van der Waals surface area contributed by atoms with Gasteiger partial charge in [0.1, 0.15) is 5.76 Å². The number of anilines is 2. The van der Waals surface area contributed by atoms with Crippen molar-refractivity contribution in [1.29, 1.82) is 0 Å². The number of nitrogens with one attached hydrogen (secondary N) is 1. The molecule has 0 bridgehead atoms. The van der Waals surface area contributed by atoms with Gasteiger partial charge in [0.2, 0.25) is 5.89 Å². The summed E-state index contributed by atoms with van der Waals surface area (Å²) < 4.78 is 6.60. The standard InChI is InChI=1S/C13H14N4OS/c1-2-9-6-15-12(18-9)7-16-13-17-10-4-3-8(14)5-11(10)19-13/h3-6H,2,7,14H2,1H3,(H,16,17). The number of aryl methyl sites for hydroxylation is 1. The van der Waals surface area contributed by atoms with E-state index >= 15 is 0 Å². The third-order valence-corrected chi connectivity index (χ3v) is 3.73. The lowest BCUT2D eigenvalue weighted by atomic mass is 10.3. The van der Waals surface area contributed by atoms with E-state index in [1.807, 2.05) is 25.1 Å². The summed E-state index contributed by atoms with van der Waals surface area (Å²) in [4.78, 5) is 8.68. The zero-order valence-corrected chi connectivity index (χ0v) is 11.3. The van der Waals surface area contributed by atoms with Crippen molar-refractivity contribution in [3.05, 3.63) is 36.0 Å². The van der Waals surface area contributed by atoms with Crippen LogP contribution in [-0.2, 0) is 13.0 Å². The lowest BCUT2D eigenvalue weighted by molar-refractivity contribution is 0.466. The van der Waals surface area contributed by atoms with E-state index in [1.165, 1.54) is 0 Å². The van der Waals surface area contributed by atoms with Crippen LogP contribution in [0.1, 0.15) is 18.6 Å². The molecule has 0 aliphatic rings. The van der Waals surface area contributed by atoms with E-state index in [0.717, 1.165) is 33.2 Å². The van der Waals surface area contributed by atoms with Gasteiger partial charge < -0.3 is 15.5 Å². The molecular weight excluding hydrogens is 260 g/mol. The molecule has 6 heteroatoms. The summed E-state index contributed by atoms with van der Waals surface area (Å²) in [7, 11) is 0. The van der Waals surface area contributed by atoms with Gasteiger partial charge >= 0.3 is 0 Å². The second kappa shape index (κ2) is 4.89. The summed E-state index contributed by atoms with van der Waals surface area (Å²) in [5, 5.41) is 4.06. The first-order valence-corrected chi connectivity index (χ1v) is 6.90. The maximum atomic E-state index is 5.75. The first-order chi connectivity index (χ1) is 9.24. The highest BCUT2D eigenvalue weighted by Crippen LogP contribution is 2.27. The summed E-state index contributed by atoms with van der Waals surface area (Å²) in [5.41, 5.74) is 7.45. The molecule has 0 spiro atoms. The Balaban J connectivity index is 1.74. The molecule has 0 aliphatic heterocycles. The highest BCUT2D eigenvalue weighted by atomic mass is 32.1.